The van der Waals surface area contributed by atoms with Gasteiger partial charge in [0.05, 0.1) is 17.3 Å². The van der Waals surface area contributed by atoms with Crippen LogP contribution in [0.15, 0.2) is 24.3 Å². The number of carbonyl (C=O) groups is 2. The normalized spacial score (nSPS) is 20.2. The number of amides is 2. The lowest BCUT2D eigenvalue weighted by Crippen LogP contribution is -2.52. The first-order valence-corrected chi connectivity index (χ1v) is 10.8. The van der Waals surface area contributed by atoms with Crippen LogP contribution in [0.3, 0.4) is 0 Å². The number of hydroxylamine groups is 1. The number of ether oxygens (including phenoxy) is 1. The maximum Gasteiger partial charge on any atom is 0.410 e. The molecule has 0 spiro atoms. The van der Waals surface area contributed by atoms with Crippen LogP contribution in [-0.4, -0.2) is 46.3 Å². The summed E-state index contributed by atoms with van der Waals surface area (Å²) in [6.07, 6.45) is 0.540. The quantitative estimate of drug-likeness (QED) is 0.530. The predicted molar refractivity (Wildman–Crippen MR) is 121 cm³/mol. The molecule has 174 valence electrons. The Kier molecular flexibility index (Phi) is 7.43. The average molecular weight is 435 g/mol. The maximum absolute atomic E-state index is 12.9. The van der Waals surface area contributed by atoms with Gasteiger partial charge in [-0.3, -0.25) is 9.63 Å². The summed E-state index contributed by atoms with van der Waals surface area (Å²) in [4.78, 5) is 32.1. The fourth-order valence-corrected chi connectivity index (χ4v) is 3.76. The van der Waals surface area contributed by atoms with Gasteiger partial charge in [0.25, 0.3) is 0 Å². The Hall–Kier alpha value is -2.12. The van der Waals surface area contributed by atoms with Crippen LogP contribution in [0.2, 0.25) is 0 Å². The van der Waals surface area contributed by atoms with Crippen molar-refractivity contribution in [1.82, 2.24) is 4.90 Å². The van der Waals surface area contributed by atoms with E-state index in [0.717, 1.165) is 11.5 Å². The smallest absolute Gasteiger partial charge is 0.410 e. The Bertz CT molecular complexity index is 779. The van der Waals surface area contributed by atoms with Gasteiger partial charge in [0.15, 0.2) is 0 Å². The van der Waals surface area contributed by atoms with E-state index in [1.54, 1.807) is 29.2 Å². The highest BCUT2D eigenvalue weighted by atomic mass is 16.7. The van der Waals surface area contributed by atoms with Crippen molar-refractivity contribution in [2.75, 3.05) is 11.6 Å². The van der Waals surface area contributed by atoms with Gasteiger partial charge in [-0.1, -0.05) is 32.0 Å². The Labute approximate surface area is 186 Å². The minimum absolute atomic E-state index is 0.0502. The number of rotatable bonds is 5. The van der Waals surface area contributed by atoms with Crippen LogP contribution in [-0.2, 0) is 14.4 Å². The maximum atomic E-state index is 12.9. The molecule has 1 fully saturated rings. The van der Waals surface area contributed by atoms with Gasteiger partial charge in [-0.25, -0.2) is 4.79 Å². The molecule has 1 heterocycles. The second-order valence-electron chi connectivity index (χ2n) is 11.0. The molecule has 1 saturated heterocycles. The fourth-order valence-electron chi connectivity index (χ4n) is 3.76. The predicted octanol–water partition coefficient (Wildman–Crippen LogP) is 4.84. The lowest BCUT2D eigenvalue weighted by molar-refractivity contribution is -0.120. The Balaban J connectivity index is 2.42. The van der Waals surface area contributed by atoms with Crippen LogP contribution in [0.4, 0.5) is 10.5 Å². The van der Waals surface area contributed by atoms with Gasteiger partial charge in [0, 0.05) is 12.1 Å². The zero-order chi connectivity index (χ0) is 23.6. The summed E-state index contributed by atoms with van der Waals surface area (Å²) in [7, 11) is 0. The molecule has 2 amide bonds. The number of aliphatic hydroxyl groups excluding tert-OH is 1. The second kappa shape index (κ2) is 9.17. The molecule has 1 N–H and O–H groups in total. The third-order valence-corrected chi connectivity index (χ3v) is 5.14. The van der Waals surface area contributed by atoms with E-state index in [2.05, 4.69) is 13.8 Å². The summed E-state index contributed by atoms with van der Waals surface area (Å²) in [5, 5.41) is 12.6. The zero-order valence-electron chi connectivity index (χ0n) is 20.1. The number of hydrogen-bond acceptors (Lipinski definition) is 5. The summed E-state index contributed by atoms with van der Waals surface area (Å²) >= 11 is 0. The monoisotopic (exact) mass is 434 g/mol. The van der Waals surface area contributed by atoms with Crippen LogP contribution >= 0.6 is 0 Å². The summed E-state index contributed by atoms with van der Waals surface area (Å²) in [6.45, 7) is 15.8. The van der Waals surface area contributed by atoms with Gasteiger partial charge in [0.1, 0.15) is 11.7 Å². The van der Waals surface area contributed by atoms with Crippen molar-refractivity contribution in [2.45, 2.75) is 91.6 Å². The van der Waals surface area contributed by atoms with Crippen molar-refractivity contribution in [1.29, 1.82) is 0 Å². The molecular weight excluding hydrogens is 396 g/mol. The van der Waals surface area contributed by atoms with Gasteiger partial charge in [-0.15, -0.1) is 0 Å². The van der Waals surface area contributed by atoms with E-state index < -0.39 is 29.4 Å². The highest BCUT2D eigenvalue weighted by molar-refractivity contribution is 5.75. The van der Waals surface area contributed by atoms with E-state index >= 15 is 0 Å². The molecule has 2 atom stereocenters. The summed E-state index contributed by atoms with van der Waals surface area (Å²) < 4.78 is 5.61. The molecule has 1 aromatic rings. The van der Waals surface area contributed by atoms with Crippen molar-refractivity contribution >= 4 is 18.2 Å². The average Bonchev–Trinajstić information content (AvgIpc) is 2.62. The largest absolute Gasteiger partial charge is 0.444 e. The number of para-hydroxylation sites is 1. The van der Waals surface area contributed by atoms with Gasteiger partial charge in [-0.05, 0) is 65.9 Å². The van der Waals surface area contributed by atoms with Crippen LogP contribution in [0.25, 0.3) is 0 Å². The fraction of sp³-hybridized carbons (Fsp3) is 0.667. The van der Waals surface area contributed by atoms with Gasteiger partial charge in [0.2, 0.25) is 6.41 Å². The number of likely N-dealkylation sites (tertiary alicyclic amines) is 1. The van der Waals surface area contributed by atoms with Crippen molar-refractivity contribution in [3.8, 4) is 0 Å². The Morgan fingerprint density at radius 1 is 1.19 bits per heavy atom. The molecule has 31 heavy (non-hydrogen) atoms. The van der Waals surface area contributed by atoms with Crippen LogP contribution < -0.4 is 5.06 Å². The molecule has 0 saturated carbocycles. The number of anilines is 1. The molecule has 2 unspecified atom stereocenters. The Morgan fingerprint density at radius 2 is 1.81 bits per heavy atom. The molecule has 0 radical (unpaired) electrons. The molecule has 0 bridgehead atoms. The standard InChI is InChI=1S/C24H38N2O5/c1-22(2,3)30-21(29)25-14-13-24(7,8)15-19(25)20(28)17-11-9-10-12-18(17)26(16-27)31-23(4,5)6/h9-12,16,19-20,28H,13-15H2,1-8H3. The first-order chi connectivity index (χ1) is 14.1. The number of benzene rings is 1. The van der Waals surface area contributed by atoms with Gasteiger partial charge < -0.3 is 14.7 Å². The van der Waals surface area contributed by atoms with Crippen molar-refractivity contribution < 1.29 is 24.3 Å². The SMILES string of the molecule is CC1(C)CCN(C(=O)OC(C)(C)C)C(C(O)c2ccccc2N(C=O)OC(C)(C)C)C1. The minimum atomic E-state index is -1.02. The van der Waals surface area contributed by atoms with E-state index in [1.165, 1.54) is 0 Å². The summed E-state index contributed by atoms with van der Waals surface area (Å²) in [5.74, 6) is 0. The highest BCUT2D eigenvalue weighted by Gasteiger charge is 2.42. The topological polar surface area (TPSA) is 79.3 Å². The molecule has 1 aromatic carbocycles. The molecule has 0 aromatic heterocycles. The highest BCUT2D eigenvalue weighted by Crippen LogP contribution is 2.41. The van der Waals surface area contributed by atoms with Crippen LogP contribution in [0.5, 0.6) is 0 Å². The first-order valence-electron chi connectivity index (χ1n) is 10.8. The third kappa shape index (κ3) is 6.94. The third-order valence-electron chi connectivity index (χ3n) is 5.14. The molecule has 7 heteroatoms. The minimum Gasteiger partial charge on any atom is -0.444 e. The molecule has 1 aliphatic rings. The van der Waals surface area contributed by atoms with Gasteiger partial charge >= 0.3 is 6.09 Å². The van der Waals surface area contributed by atoms with Crippen molar-refractivity contribution in [2.24, 2.45) is 5.41 Å². The number of nitrogens with zero attached hydrogens (tertiary/aromatic N) is 2. The lowest BCUT2D eigenvalue weighted by Gasteiger charge is -2.45. The van der Waals surface area contributed by atoms with Crippen molar-refractivity contribution in [3.63, 3.8) is 0 Å². The zero-order valence-corrected chi connectivity index (χ0v) is 20.1. The number of hydrogen-bond donors (Lipinski definition) is 1. The Morgan fingerprint density at radius 3 is 2.35 bits per heavy atom. The number of piperidine rings is 1. The van der Waals surface area contributed by atoms with Crippen LogP contribution in [0, 0.1) is 5.41 Å². The molecule has 0 aliphatic carbocycles. The van der Waals surface area contributed by atoms with E-state index in [4.69, 9.17) is 9.57 Å². The summed E-state index contributed by atoms with van der Waals surface area (Å²) in [6, 6.07) is 6.57. The molecule has 2 rings (SSSR count). The first kappa shape index (κ1) is 25.1. The molecule has 1 aliphatic heterocycles. The van der Waals surface area contributed by atoms with Crippen LogP contribution in [0.1, 0.15) is 79.9 Å². The number of aliphatic hydroxyl groups is 1. The number of carbonyl (C=O) groups excluding carboxylic acids is 2. The van der Waals surface area contributed by atoms with E-state index in [-0.39, 0.29) is 5.41 Å². The van der Waals surface area contributed by atoms with Gasteiger partial charge in [-0.2, -0.15) is 5.06 Å². The second-order valence-corrected chi connectivity index (χ2v) is 11.0. The molecular formula is C24H38N2O5. The van der Waals surface area contributed by atoms with E-state index in [1.807, 2.05) is 41.5 Å². The van der Waals surface area contributed by atoms with Crippen molar-refractivity contribution in [3.05, 3.63) is 29.8 Å². The van der Waals surface area contributed by atoms with E-state index in [9.17, 15) is 14.7 Å². The summed E-state index contributed by atoms with van der Waals surface area (Å²) in [5.41, 5.74) is -0.311. The molecule has 7 nitrogen and oxygen atoms in total. The lowest BCUT2D eigenvalue weighted by atomic mass is 9.76. The van der Waals surface area contributed by atoms with E-state index in [0.29, 0.717) is 30.6 Å².